The normalized spacial score (nSPS) is 18.0. The zero-order chi connectivity index (χ0) is 20.1. The lowest BCUT2D eigenvalue weighted by Crippen LogP contribution is -2.32. The number of carbonyl (C=O) groups excluding carboxylic acids is 1. The first-order valence-electron chi connectivity index (χ1n) is 9.13. The number of amides is 1. The van der Waals surface area contributed by atoms with Gasteiger partial charge >= 0.3 is 0 Å². The van der Waals surface area contributed by atoms with Crippen LogP contribution in [0.2, 0.25) is 0 Å². The van der Waals surface area contributed by atoms with Gasteiger partial charge in [0.1, 0.15) is 0 Å². The van der Waals surface area contributed by atoms with E-state index < -0.39 is 10.0 Å². The van der Waals surface area contributed by atoms with Crippen molar-refractivity contribution in [1.29, 1.82) is 0 Å². The fourth-order valence-corrected chi connectivity index (χ4v) is 4.32. The molecule has 0 aliphatic carbocycles. The average Bonchev–Trinajstić information content (AvgIpc) is 3.21. The molecule has 0 saturated carbocycles. The van der Waals surface area contributed by atoms with Crippen molar-refractivity contribution >= 4 is 31.9 Å². The van der Waals surface area contributed by atoms with E-state index in [1.165, 1.54) is 24.3 Å². The summed E-state index contributed by atoms with van der Waals surface area (Å²) in [4.78, 5) is 12.6. The summed E-state index contributed by atoms with van der Waals surface area (Å²) in [7, 11) is -3.63. The Labute approximate surface area is 173 Å². The molecule has 1 amide bonds. The molecule has 0 aromatic heterocycles. The highest BCUT2D eigenvalue weighted by atomic mass is 79.9. The van der Waals surface area contributed by atoms with Crippen LogP contribution < -0.4 is 10.0 Å². The second-order valence-corrected chi connectivity index (χ2v) is 9.44. The molecule has 2 unspecified atom stereocenters. The SMILES string of the molecule is CC(NC(=O)c1ccc(S(=O)(=O)NCC2CCCO2)cc1)c1ccc(Br)cc1. The number of hydrogen-bond donors (Lipinski definition) is 2. The maximum Gasteiger partial charge on any atom is 0.251 e. The number of carbonyl (C=O) groups is 1. The molecule has 2 aromatic rings. The number of nitrogens with one attached hydrogen (secondary N) is 2. The molecule has 2 aromatic carbocycles. The van der Waals surface area contributed by atoms with Gasteiger partial charge in [0.15, 0.2) is 0 Å². The first-order chi connectivity index (χ1) is 13.3. The van der Waals surface area contributed by atoms with Gasteiger partial charge in [0.05, 0.1) is 17.0 Å². The predicted octanol–water partition coefficient (Wildman–Crippen LogP) is 3.40. The van der Waals surface area contributed by atoms with Crippen LogP contribution in [0.15, 0.2) is 57.9 Å². The van der Waals surface area contributed by atoms with E-state index in [0.29, 0.717) is 12.2 Å². The van der Waals surface area contributed by atoms with Gasteiger partial charge in [0, 0.05) is 23.2 Å². The van der Waals surface area contributed by atoms with Crippen molar-refractivity contribution < 1.29 is 17.9 Å². The molecule has 0 spiro atoms. The largest absolute Gasteiger partial charge is 0.377 e. The zero-order valence-electron chi connectivity index (χ0n) is 15.5. The van der Waals surface area contributed by atoms with E-state index in [1.807, 2.05) is 31.2 Å². The topological polar surface area (TPSA) is 84.5 Å². The van der Waals surface area contributed by atoms with Gasteiger partial charge in [-0.3, -0.25) is 4.79 Å². The van der Waals surface area contributed by atoms with E-state index >= 15 is 0 Å². The number of sulfonamides is 1. The molecule has 0 bridgehead atoms. The minimum Gasteiger partial charge on any atom is -0.377 e. The monoisotopic (exact) mass is 466 g/mol. The fourth-order valence-electron chi connectivity index (χ4n) is 2.99. The van der Waals surface area contributed by atoms with Crippen LogP contribution in [0.25, 0.3) is 0 Å². The molecular formula is C20H23BrN2O4S. The lowest BCUT2D eigenvalue weighted by molar-refractivity contribution is 0.0939. The molecule has 1 aliphatic heterocycles. The Kier molecular flexibility index (Phi) is 6.87. The number of rotatable bonds is 7. The van der Waals surface area contributed by atoms with Gasteiger partial charge in [-0.05, 0) is 61.7 Å². The van der Waals surface area contributed by atoms with Gasteiger partial charge in [-0.25, -0.2) is 13.1 Å². The van der Waals surface area contributed by atoms with Gasteiger partial charge in [-0.2, -0.15) is 0 Å². The van der Waals surface area contributed by atoms with E-state index in [9.17, 15) is 13.2 Å². The molecule has 3 rings (SSSR count). The van der Waals surface area contributed by atoms with E-state index in [-0.39, 0.29) is 29.5 Å². The Hall–Kier alpha value is -1.74. The third-order valence-electron chi connectivity index (χ3n) is 4.67. The quantitative estimate of drug-likeness (QED) is 0.654. The highest BCUT2D eigenvalue weighted by molar-refractivity contribution is 9.10. The molecule has 1 heterocycles. The summed E-state index contributed by atoms with van der Waals surface area (Å²) in [5.41, 5.74) is 1.39. The van der Waals surface area contributed by atoms with Crippen molar-refractivity contribution in [3.8, 4) is 0 Å². The standard InChI is InChI=1S/C20H23BrN2O4S/c1-14(15-4-8-17(21)9-5-15)23-20(24)16-6-10-19(11-7-16)28(25,26)22-13-18-3-2-12-27-18/h4-11,14,18,22H,2-3,12-13H2,1H3,(H,23,24). The number of halogens is 1. The van der Waals surface area contributed by atoms with Crippen LogP contribution in [0, 0.1) is 0 Å². The maximum absolute atomic E-state index is 12.5. The Morgan fingerprint density at radius 3 is 2.46 bits per heavy atom. The first kappa shape index (κ1) is 21.0. The second-order valence-electron chi connectivity index (χ2n) is 6.76. The van der Waals surface area contributed by atoms with Crippen LogP contribution in [0.3, 0.4) is 0 Å². The van der Waals surface area contributed by atoms with Crippen LogP contribution in [-0.4, -0.2) is 33.6 Å². The van der Waals surface area contributed by atoms with Gasteiger partial charge in [-0.15, -0.1) is 0 Å². The minimum atomic E-state index is -3.63. The van der Waals surface area contributed by atoms with E-state index in [1.54, 1.807) is 0 Å². The minimum absolute atomic E-state index is 0.0695. The molecule has 2 N–H and O–H groups in total. The second kappa shape index (κ2) is 9.17. The summed E-state index contributed by atoms with van der Waals surface area (Å²) in [6.07, 6.45) is 1.74. The first-order valence-corrected chi connectivity index (χ1v) is 11.4. The molecule has 8 heteroatoms. The Morgan fingerprint density at radius 1 is 1.18 bits per heavy atom. The zero-order valence-corrected chi connectivity index (χ0v) is 17.9. The van der Waals surface area contributed by atoms with Gasteiger partial charge in [0.2, 0.25) is 10.0 Å². The van der Waals surface area contributed by atoms with Crippen molar-refractivity contribution in [3.63, 3.8) is 0 Å². The Bertz CT molecular complexity index is 908. The third kappa shape index (κ3) is 5.41. The lowest BCUT2D eigenvalue weighted by Gasteiger charge is -2.15. The number of benzene rings is 2. The van der Waals surface area contributed by atoms with Crippen LogP contribution in [0.5, 0.6) is 0 Å². The summed E-state index contributed by atoms with van der Waals surface area (Å²) in [5.74, 6) is -0.258. The molecule has 1 fully saturated rings. The molecule has 6 nitrogen and oxygen atoms in total. The molecule has 1 aliphatic rings. The summed E-state index contributed by atoms with van der Waals surface area (Å²) >= 11 is 3.39. The molecule has 2 atom stereocenters. The average molecular weight is 467 g/mol. The van der Waals surface area contributed by atoms with E-state index in [4.69, 9.17) is 4.74 Å². The van der Waals surface area contributed by atoms with Gasteiger partial charge < -0.3 is 10.1 Å². The Morgan fingerprint density at radius 2 is 1.86 bits per heavy atom. The van der Waals surface area contributed by atoms with Crippen LogP contribution in [0.4, 0.5) is 0 Å². The molecule has 1 saturated heterocycles. The maximum atomic E-state index is 12.5. The molecule has 0 radical (unpaired) electrons. The highest BCUT2D eigenvalue weighted by Gasteiger charge is 2.20. The van der Waals surface area contributed by atoms with Crippen molar-refractivity contribution in [2.45, 2.75) is 36.8 Å². The van der Waals surface area contributed by atoms with Crippen molar-refractivity contribution in [2.24, 2.45) is 0 Å². The summed E-state index contributed by atoms with van der Waals surface area (Å²) in [5, 5.41) is 2.92. The predicted molar refractivity (Wildman–Crippen MR) is 111 cm³/mol. The van der Waals surface area contributed by atoms with Crippen molar-refractivity contribution in [3.05, 3.63) is 64.1 Å². The highest BCUT2D eigenvalue weighted by Crippen LogP contribution is 2.18. The van der Waals surface area contributed by atoms with E-state index in [2.05, 4.69) is 26.0 Å². The van der Waals surface area contributed by atoms with E-state index in [0.717, 1.165) is 22.9 Å². The lowest BCUT2D eigenvalue weighted by atomic mass is 10.1. The molecular weight excluding hydrogens is 444 g/mol. The molecule has 28 heavy (non-hydrogen) atoms. The van der Waals surface area contributed by atoms with Gasteiger partial charge in [0.25, 0.3) is 5.91 Å². The van der Waals surface area contributed by atoms with Crippen molar-refractivity contribution in [1.82, 2.24) is 10.0 Å². The third-order valence-corrected chi connectivity index (χ3v) is 6.64. The number of hydrogen-bond acceptors (Lipinski definition) is 4. The van der Waals surface area contributed by atoms with Crippen LogP contribution in [-0.2, 0) is 14.8 Å². The van der Waals surface area contributed by atoms with Crippen LogP contribution in [0.1, 0.15) is 41.7 Å². The molecule has 150 valence electrons. The fraction of sp³-hybridized carbons (Fsp3) is 0.350. The summed E-state index contributed by atoms with van der Waals surface area (Å²) in [6.45, 7) is 2.83. The Balaban J connectivity index is 1.60. The van der Waals surface area contributed by atoms with Crippen LogP contribution >= 0.6 is 15.9 Å². The summed E-state index contributed by atoms with van der Waals surface area (Å²) in [6, 6.07) is 13.5. The van der Waals surface area contributed by atoms with Gasteiger partial charge in [-0.1, -0.05) is 28.1 Å². The number of ether oxygens (including phenoxy) is 1. The van der Waals surface area contributed by atoms with Crippen molar-refractivity contribution in [2.75, 3.05) is 13.2 Å². The smallest absolute Gasteiger partial charge is 0.251 e. The summed E-state index contributed by atoms with van der Waals surface area (Å²) < 4.78 is 33.7.